The van der Waals surface area contributed by atoms with Crippen molar-refractivity contribution < 1.29 is 14.7 Å². The number of carbonyl (C=O) groups is 2. The lowest BCUT2D eigenvalue weighted by atomic mass is 10.1. The molecule has 1 amide bonds. The Hall–Kier alpha value is -3.42. The molecule has 1 aromatic carbocycles. The van der Waals surface area contributed by atoms with E-state index in [0.717, 1.165) is 22.5 Å². The minimum absolute atomic E-state index is 0.0738. The van der Waals surface area contributed by atoms with E-state index >= 15 is 0 Å². The molecule has 0 radical (unpaired) electrons. The van der Waals surface area contributed by atoms with Crippen LogP contribution in [0.4, 0.5) is 5.69 Å². The van der Waals surface area contributed by atoms with Crippen LogP contribution in [0.25, 0.3) is 16.9 Å². The standard InChI is InChI=1S/C17H14N4O4/c22-13(3-4-14(23)24)19-10-1-2-11-9(7-10)8-12-15(11)20-17(25)16-18-5-6-21(12)16/h1-2,5-7H,3-4,8H2,(H,19,22)(H,20,25)(H,23,24). The van der Waals surface area contributed by atoms with Crippen molar-refractivity contribution in [1.29, 1.82) is 0 Å². The number of benzene rings is 1. The molecule has 8 heteroatoms. The second-order valence-electron chi connectivity index (χ2n) is 5.89. The predicted octanol–water partition coefficient (Wildman–Crippen LogP) is 1.40. The molecule has 25 heavy (non-hydrogen) atoms. The number of aromatic nitrogens is 3. The van der Waals surface area contributed by atoms with E-state index in [4.69, 9.17) is 5.11 Å². The summed E-state index contributed by atoms with van der Waals surface area (Å²) in [5.41, 5.74) is 4.29. The zero-order valence-electron chi connectivity index (χ0n) is 13.1. The van der Waals surface area contributed by atoms with Gasteiger partial charge in [-0.15, -0.1) is 0 Å². The number of carboxylic acid groups (broad SMARTS) is 1. The van der Waals surface area contributed by atoms with Crippen molar-refractivity contribution in [2.75, 3.05) is 5.32 Å². The van der Waals surface area contributed by atoms with Gasteiger partial charge in [-0.1, -0.05) is 6.07 Å². The van der Waals surface area contributed by atoms with Crippen molar-refractivity contribution in [3.63, 3.8) is 0 Å². The number of nitrogens with one attached hydrogen (secondary N) is 2. The van der Waals surface area contributed by atoms with Crippen LogP contribution in [0, 0.1) is 0 Å². The van der Waals surface area contributed by atoms with E-state index in [1.54, 1.807) is 22.9 Å². The second-order valence-corrected chi connectivity index (χ2v) is 5.89. The number of carboxylic acids is 1. The van der Waals surface area contributed by atoms with E-state index in [0.29, 0.717) is 17.8 Å². The highest BCUT2D eigenvalue weighted by molar-refractivity contribution is 5.93. The van der Waals surface area contributed by atoms with Crippen LogP contribution in [-0.4, -0.2) is 31.4 Å². The summed E-state index contributed by atoms with van der Waals surface area (Å²) in [6, 6.07) is 5.42. The molecule has 0 bridgehead atoms. The quantitative estimate of drug-likeness (QED) is 0.520. The fourth-order valence-electron chi connectivity index (χ4n) is 3.13. The van der Waals surface area contributed by atoms with Gasteiger partial charge in [-0.2, -0.15) is 0 Å². The first-order valence-electron chi connectivity index (χ1n) is 7.76. The van der Waals surface area contributed by atoms with Crippen molar-refractivity contribution in [3.8, 4) is 11.3 Å². The molecule has 2 heterocycles. The van der Waals surface area contributed by atoms with Crippen LogP contribution in [0.2, 0.25) is 0 Å². The molecule has 0 spiro atoms. The first-order valence-corrected chi connectivity index (χ1v) is 7.76. The maximum absolute atomic E-state index is 12.1. The molecule has 3 aromatic rings. The molecule has 0 saturated heterocycles. The summed E-state index contributed by atoms with van der Waals surface area (Å²) in [4.78, 5) is 41.4. The summed E-state index contributed by atoms with van der Waals surface area (Å²) in [5.74, 6) is -1.35. The maximum atomic E-state index is 12.1. The number of H-pyrrole nitrogens is 1. The Kier molecular flexibility index (Phi) is 3.38. The number of nitrogens with zero attached hydrogens (tertiary/aromatic N) is 2. The first-order chi connectivity index (χ1) is 12.0. The number of hydrogen-bond acceptors (Lipinski definition) is 4. The molecule has 2 aromatic heterocycles. The Morgan fingerprint density at radius 3 is 2.96 bits per heavy atom. The number of hydrogen-bond donors (Lipinski definition) is 3. The third kappa shape index (κ3) is 2.57. The van der Waals surface area contributed by atoms with E-state index < -0.39 is 5.97 Å². The molecule has 1 aliphatic carbocycles. The lowest BCUT2D eigenvalue weighted by molar-refractivity contribution is -0.138. The SMILES string of the molecule is O=C(O)CCC(=O)Nc1ccc2c(c1)Cc1c-2[nH]c(=O)c2nccn12. The molecule has 0 unspecified atom stereocenters. The lowest BCUT2D eigenvalue weighted by Gasteiger charge is -2.07. The van der Waals surface area contributed by atoms with Crippen molar-refractivity contribution in [1.82, 2.24) is 14.4 Å². The smallest absolute Gasteiger partial charge is 0.303 e. The van der Waals surface area contributed by atoms with Gasteiger partial charge >= 0.3 is 5.97 Å². The molecule has 8 nitrogen and oxygen atoms in total. The molecular formula is C17H14N4O4. The third-order valence-corrected chi connectivity index (χ3v) is 4.24. The first kappa shape index (κ1) is 15.1. The normalized spacial score (nSPS) is 12.0. The van der Waals surface area contributed by atoms with Crippen LogP contribution in [-0.2, 0) is 16.0 Å². The highest BCUT2D eigenvalue weighted by Crippen LogP contribution is 2.35. The van der Waals surface area contributed by atoms with Crippen molar-refractivity contribution in [2.24, 2.45) is 0 Å². The number of aliphatic carboxylic acids is 1. The van der Waals surface area contributed by atoms with Crippen molar-refractivity contribution in [2.45, 2.75) is 19.3 Å². The zero-order valence-corrected chi connectivity index (χ0v) is 13.1. The topological polar surface area (TPSA) is 117 Å². The van der Waals surface area contributed by atoms with E-state index in [-0.39, 0.29) is 24.3 Å². The van der Waals surface area contributed by atoms with Gasteiger partial charge in [0.25, 0.3) is 5.56 Å². The molecule has 1 aliphatic rings. The van der Waals surface area contributed by atoms with Gasteiger partial charge in [0.05, 0.1) is 17.8 Å². The van der Waals surface area contributed by atoms with Crippen LogP contribution < -0.4 is 10.9 Å². The van der Waals surface area contributed by atoms with Crippen molar-refractivity contribution in [3.05, 3.63) is 52.2 Å². The average Bonchev–Trinajstić information content (AvgIpc) is 3.18. The monoisotopic (exact) mass is 338 g/mol. The summed E-state index contributed by atoms with van der Waals surface area (Å²) < 4.78 is 1.78. The Balaban J connectivity index is 1.64. The molecule has 3 N–H and O–H groups in total. The van der Waals surface area contributed by atoms with Gasteiger partial charge in [0.15, 0.2) is 0 Å². The van der Waals surface area contributed by atoms with E-state index in [9.17, 15) is 14.4 Å². The van der Waals surface area contributed by atoms with Gasteiger partial charge in [-0.25, -0.2) is 4.98 Å². The molecular weight excluding hydrogens is 324 g/mol. The Bertz CT molecular complexity index is 1080. The molecule has 0 aliphatic heterocycles. The molecule has 0 fully saturated rings. The number of aromatic amines is 1. The summed E-state index contributed by atoms with van der Waals surface area (Å²) >= 11 is 0. The number of carbonyl (C=O) groups excluding carboxylic acids is 1. The van der Waals surface area contributed by atoms with Crippen LogP contribution in [0.5, 0.6) is 0 Å². The average molecular weight is 338 g/mol. The summed E-state index contributed by atoms with van der Waals surface area (Å²) in [6.45, 7) is 0. The van der Waals surface area contributed by atoms with Gasteiger partial charge in [0.1, 0.15) is 0 Å². The number of imidazole rings is 1. The summed E-state index contributed by atoms with van der Waals surface area (Å²) in [6.07, 6.45) is 3.66. The number of amides is 1. The zero-order chi connectivity index (χ0) is 17.6. The van der Waals surface area contributed by atoms with Gasteiger partial charge < -0.3 is 15.4 Å². The molecule has 4 rings (SSSR count). The van der Waals surface area contributed by atoms with E-state index in [1.807, 2.05) is 12.1 Å². The van der Waals surface area contributed by atoms with E-state index in [1.165, 1.54) is 0 Å². The maximum Gasteiger partial charge on any atom is 0.303 e. The summed E-state index contributed by atoms with van der Waals surface area (Å²) in [5, 5.41) is 11.3. The predicted molar refractivity (Wildman–Crippen MR) is 89.6 cm³/mol. The molecule has 0 atom stereocenters. The summed E-state index contributed by atoms with van der Waals surface area (Å²) in [7, 11) is 0. The number of anilines is 1. The Labute approximate surface area is 141 Å². The number of fused-ring (bicyclic) bond motifs is 5. The minimum Gasteiger partial charge on any atom is -0.481 e. The lowest BCUT2D eigenvalue weighted by Crippen LogP contribution is -2.13. The Morgan fingerprint density at radius 1 is 1.32 bits per heavy atom. The van der Waals surface area contributed by atoms with Crippen LogP contribution in [0.3, 0.4) is 0 Å². The van der Waals surface area contributed by atoms with Gasteiger partial charge in [-0.05, 0) is 17.7 Å². The molecule has 126 valence electrons. The van der Waals surface area contributed by atoms with Crippen LogP contribution in [0.1, 0.15) is 24.1 Å². The highest BCUT2D eigenvalue weighted by atomic mass is 16.4. The molecule has 0 saturated carbocycles. The van der Waals surface area contributed by atoms with Gasteiger partial charge in [0, 0.05) is 36.5 Å². The number of rotatable bonds is 4. The fourth-order valence-corrected chi connectivity index (χ4v) is 3.13. The van der Waals surface area contributed by atoms with Crippen LogP contribution >= 0.6 is 0 Å². The third-order valence-electron chi connectivity index (χ3n) is 4.24. The van der Waals surface area contributed by atoms with Gasteiger partial charge in [-0.3, -0.25) is 18.8 Å². The van der Waals surface area contributed by atoms with Gasteiger partial charge in [0.2, 0.25) is 11.6 Å². The largest absolute Gasteiger partial charge is 0.481 e. The highest BCUT2D eigenvalue weighted by Gasteiger charge is 2.23. The van der Waals surface area contributed by atoms with Crippen molar-refractivity contribution >= 4 is 23.2 Å². The fraction of sp³-hybridized carbons (Fsp3) is 0.176. The minimum atomic E-state index is -1.01. The second kappa shape index (κ2) is 5.59. The Morgan fingerprint density at radius 2 is 2.16 bits per heavy atom. The van der Waals surface area contributed by atoms with E-state index in [2.05, 4.69) is 15.3 Å². The van der Waals surface area contributed by atoms with Crippen LogP contribution in [0.15, 0.2) is 35.4 Å².